The van der Waals surface area contributed by atoms with Crippen LogP contribution in [0.15, 0.2) is 18.2 Å². The molecule has 9 heteroatoms. The molecule has 1 aromatic heterocycles. The van der Waals surface area contributed by atoms with Gasteiger partial charge < -0.3 is 4.74 Å². The molecule has 4 amide bonds. The van der Waals surface area contributed by atoms with Crippen LogP contribution in [-0.4, -0.2) is 46.3 Å². The molecule has 2 aromatic rings. The summed E-state index contributed by atoms with van der Waals surface area (Å²) in [6.45, 7) is 1.42. The number of carbonyl (C=O) groups excluding carboxylic acids is 4. The number of thiophene rings is 1. The molecule has 1 aliphatic carbocycles. The monoisotopic (exact) mass is 418 g/mol. The van der Waals surface area contributed by atoms with E-state index in [0.717, 1.165) is 34.0 Å². The Morgan fingerprint density at radius 1 is 1.21 bits per heavy atom. The molecule has 0 unspecified atom stereocenters. The molecule has 152 valence electrons. The normalized spacial score (nSPS) is 17.8. The maximum atomic E-state index is 14.6. The van der Waals surface area contributed by atoms with Crippen LogP contribution in [0.3, 0.4) is 0 Å². The van der Waals surface area contributed by atoms with Crippen molar-refractivity contribution in [1.82, 2.24) is 9.80 Å². The van der Waals surface area contributed by atoms with E-state index in [9.17, 15) is 23.6 Å². The Labute approximate surface area is 170 Å². The van der Waals surface area contributed by atoms with Crippen LogP contribution in [0.2, 0.25) is 0 Å². The fourth-order valence-corrected chi connectivity index (χ4v) is 5.11. The molecule has 0 atom stereocenters. The molecule has 2 aliphatic rings. The van der Waals surface area contributed by atoms with Crippen molar-refractivity contribution < 1.29 is 28.3 Å². The number of esters is 1. The maximum Gasteiger partial charge on any atom is 0.348 e. The van der Waals surface area contributed by atoms with Crippen molar-refractivity contribution in [2.75, 3.05) is 6.61 Å². The van der Waals surface area contributed by atoms with E-state index >= 15 is 0 Å². The topological polar surface area (TPSA) is 84.0 Å². The first-order valence-electron chi connectivity index (χ1n) is 9.50. The number of imide groups is 2. The molecule has 1 saturated carbocycles. The fraction of sp³-hybridized carbons (Fsp3) is 0.400. The molecule has 1 saturated heterocycles. The van der Waals surface area contributed by atoms with Crippen molar-refractivity contribution >= 4 is 45.2 Å². The molecule has 1 aliphatic heterocycles. The first-order valence-corrected chi connectivity index (χ1v) is 10.3. The third-order valence-corrected chi connectivity index (χ3v) is 6.49. The van der Waals surface area contributed by atoms with Gasteiger partial charge in [-0.05, 0) is 31.9 Å². The first-order chi connectivity index (χ1) is 13.9. The highest BCUT2D eigenvalue weighted by Gasteiger charge is 2.48. The lowest BCUT2D eigenvalue weighted by atomic mass is 10.1. The summed E-state index contributed by atoms with van der Waals surface area (Å²) >= 11 is 1.04. The van der Waals surface area contributed by atoms with Crippen LogP contribution >= 0.6 is 11.3 Å². The number of halogens is 1. The SMILES string of the molecule is CCOC(=O)c1sc2cccc(F)c2c1CN1C(=O)C(=O)N(C2CCCC2)C1=O. The van der Waals surface area contributed by atoms with E-state index in [0.29, 0.717) is 17.5 Å². The van der Waals surface area contributed by atoms with Crippen LogP contribution in [0.25, 0.3) is 10.1 Å². The summed E-state index contributed by atoms with van der Waals surface area (Å²) in [6, 6.07) is 3.42. The predicted octanol–water partition coefficient (Wildman–Crippen LogP) is 3.45. The quantitative estimate of drug-likeness (QED) is 0.422. The van der Waals surface area contributed by atoms with Crippen molar-refractivity contribution in [1.29, 1.82) is 0 Å². The summed E-state index contributed by atoms with van der Waals surface area (Å²) in [5.74, 6) is -3.03. The van der Waals surface area contributed by atoms with Gasteiger partial charge in [-0.3, -0.25) is 19.4 Å². The molecule has 2 heterocycles. The second-order valence-electron chi connectivity index (χ2n) is 7.03. The second kappa shape index (κ2) is 7.55. The number of rotatable bonds is 5. The molecule has 0 N–H and O–H groups in total. The summed E-state index contributed by atoms with van der Waals surface area (Å²) in [5, 5.41) is 0.160. The van der Waals surface area contributed by atoms with Gasteiger partial charge in [-0.1, -0.05) is 18.9 Å². The van der Waals surface area contributed by atoms with Crippen molar-refractivity contribution in [2.45, 2.75) is 45.2 Å². The van der Waals surface area contributed by atoms with Crippen LogP contribution in [0, 0.1) is 5.82 Å². The Bertz CT molecular complexity index is 1030. The van der Waals surface area contributed by atoms with Gasteiger partial charge in [0.05, 0.1) is 13.2 Å². The Morgan fingerprint density at radius 3 is 2.62 bits per heavy atom. The van der Waals surface area contributed by atoms with E-state index in [-0.39, 0.29) is 35.0 Å². The van der Waals surface area contributed by atoms with E-state index < -0.39 is 29.6 Å². The minimum absolute atomic E-state index is 0.124. The maximum absolute atomic E-state index is 14.6. The lowest BCUT2D eigenvalue weighted by molar-refractivity contribution is -0.144. The van der Waals surface area contributed by atoms with Gasteiger partial charge in [0.25, 0.3) is 0 Å². The summed E-state index contributed by atoms with van der Waals surface area (Å²) in [6.07, 6.45) is 3.12. The number of carbonyl (C=O) groups is 4. The molecule has 4 rings (SSSR count). The van der Waals surface area contributed by atoms with Crippen LogP contribution in [-0.2, 0) is 20.9 Å². The third kappa shape index (κ3) is 3.19. The van der Waals surface area contributed by atoms with Crippen LogP contribution in [0.5, 0.6) is 0 Å². The zero-order chi connectivity index (χ0) is 20.7. The van der Waals surface area contributed by atoms with Gasteiger partial charge in [0.2, 0.25) is 0 Å². The molecule has 0 radical (unpaired) electrons. The average molecular weight is 418 g/mol. The zero-order valence-electron chi connectivity index (χ0n) is 15.8. The molecule has 1 aromatic carbocycles. The number of ether oxygens (including phenoxy) is 1. The van der Waals surface area contributed by atoms with Gasteiger partial charge in [0, 0.05) is 21.7 Å². The molecular formula is C20H19FN2O5S. The van der Waals surface area contributed by atoms with Crippen LogP contribution < -0.4 is 0 Å². The summed E-state index contributed by atoms with van der Waals surface area (Å²) in [7, 11) is 0. The Hall–Kier alpha value is -2.81. The highest BCUT2D eigenvalue weighted by molar-refractivity contribution is 7.21. The van der Waals surface area contributed by atoms with E-state index in [2.05, 4.69) is 0 Å². The molecule has 29 heavy (non-hydrogen) atoms. The van der Waals surface area contributed by atoms with Crippen molar-refractivity contribution in [2.24, 2.45) is 0 Å². The van der Waals surface area contributed by atoms with E-state index in [4.69, 9.17) is 4.74 Å². The number of fused-ring (bicyclic) bond motifs is 1. The van der Waals surface area contributed by atoms with E-state index in [1.165, 1.54) is 12.1 Å². The van der Waals surface area contributed by atoms with E-state index in [1.807, 2.05) is 0 Å². The van der Waals surface area contributed by atoms with Gasteiger partial charge >= 0.3 is 23.8 Å². The summed E-state index contributed by atoms with van der Waals surface area (Å²) < 4.78 is 20.1. The van der Waals surface area contributed by atoms with Gasteiger partial charge in [-0.25, -0.2) is 14.0 Å². The number of benzene rings is 1. The Morgan fingerprint density at radius 2 is 1.93 bits per heavy atom. The van der Waals surface area contributed by atoms with Gasteiger partial charge in [0.15, 0.2) is 0 Å². The lowest BCUT2D eigenvalue weighted by Gasteiger charge is -2.21. The number of urea groups is 1. The van der Waals surface area contributed by atoms with Crippen molar-refractivity contribution in [3.63, 3.8) is 0 Å². The summed E-state index contributed by atoms with van der Waals surface area (Å²) in [4.78, 5) is 52.2. The third-order valence-electron chi connectivity index (χ3n) is 5.31. The van der Waals surface area contributed by atoms with Gasteiger partial charge in [-0.15, -0.1) is 11.3 Å². The summed E-state index contributed by atoms with van der Waals surface area (Å²) in [5.41, 5.74) is 0.185. The van der Waals surface area contributed by atoms with Gasteiger partial charge in [-0.2, -0.15) is 0 Å². The average Bonchev–Trinajstić information content (AvgIpc) is 3.38. The molecule has 7 nitrogen and oxygen atoms in total. The number of hydrogen-bond acceptors (Lipinski definition) is 6. The number of amides is 4. The fourth-order valence-electron chi connectivity index (χ4n) is 3.98. The minimum Gasteiger partial charge on any atom is -0.462 e. The number of hydrogen-bond donors (Lipinski definition) is 0. The first kappa shape index (κ1) is 19.5. The minimum atomic E-state index is -0.951. The lowest BCUT2D eigenvalue weighted by Crippen LogP contribution is -2.39. The predicted molar refractivity (Wildman–Crippen MR) is 103 cm³/mol. The highest BCUT2D eigenvalue weighted by atomic mass is 32.1. The molecular weight excluding hydrogens is 399 g/mol. The van der Waals surface area contributed by atoms with Crippen LogP contribution in [0.4, 0.5) is 9.18 Å². The van der Waals surface area contributed by atoms with Crippen molar-refractivity contribution in [3.05, 3.63) is 34.5 Å². The largest absolute Gasteiger partial charge is 0.462 e. The van der Waals surface area contributed by atoms with Crippen molar-refractivity contribution in [3.8, 4) is 0 Å². The smallest absolute Gasteiger partial charge is 0.348 e. The number of nitrogens with zero attached hydrogens (tertiary/aromatic N) is 2. The highest BCUT2D eigenvalue weighted by Crippen LogP contribution is 2.36. The van der Waals surface area contributed by atoms with E-state index in [1.54, 1.807) is 13.0 Å². The standard InChI is InChI=1S/C20H19FN2O5S/c1-2-28-19(26)16-12(15-13(21)8-5-9-14(15)29-16)10-22-17(24)18(25)23(20(22)27)11-6-3-4-7-11/h5,8-9,11H,2-4,6-7,10H2,1H3. The Balaban J connectivity index is 1.74. The zero-order valence-corrected chi connectivity index (χ0v) is 16.6. The molecule has 0 spiro atoms. The Kier molecular flexibility index (Phi) is 5.08. The van der Waals surface area contributed by atoms with Gasteiger partial charge in [0.1, 0.15) is 10.7 Å². The molecule has 0 bridgehead atoms. The van der Waals surface area contributed by atoms with Crippen LogP contribution in [0.1, 0.15) is 47.8 Å². The molecule has 2 fully saturated rings. The second-order valence-corrected chi connectivity index (χ2v) is 8.08.